The number of hydrogen-bond donors (Lipinski definition) is 2. The minimum absolute atomic E-state index is 0.0553. The number of pyridine rings is 1. The summed E-state index contributed by atoms with van der Waals surface area (Å²) in [4.78, 5) is 14.6. The van der Waals surface area contributed by atoms with Crippen LogP contribution in [0, 0.1) is 6.92 Å². The van der Waals surface area contributed by atoms with Gasteiger partial charge in [0.25, 0.3) is 0 Å². The number of aliphatic hydroxyl groups excluding tert-OH is 1. The number of nitrogens with zero attached hydrogens (tertiary/aromatic N) is 2. The van der Waals surface area contributed by atoms with E-state index in [1.807, 2.05) is 25.3 Å². The van der Waals surface area contributed by atoms with E-state index in [1.165, 1.54) is 0 Å². The summed E-state index contributed by atoms with van der Waals surface area (Å²) in [6.07, 6.45) is 2.75. The summed E-state index contributed by atoms with van der Waals surface area (Å²) < 4.78 is 1.78. The lowest BCUT2D eigenvalue weighted by atomic mass is 10.1. The quantitative estimate of drug-likeness (QED) is 0.841. The van der Waals surface area contributed by atoms with Crippen LogP contribution in [0.5, 0.6) is 0 Å². The molecule has 2 N–H and O–H groups in total. The molecule has 1 unspecified atom stereocenters. The van der Waals surface area contributed by atoms with E-state index < -0.39 is 12.1 Å². The number of aliphatic hydroxyl groups is 1. The Morgan fingerprint density at radius 2 is 2.35 bits per heavy atom. The molecule has 2 heterocycles. The maximum atomic E-state index is 10.4. The monoisotopic (exact) mass is 234 g/mol. The van der Waals surface area contributed by atoms with Gasteiger partial charge in [0.1, 0.15) is 5.65 Å². The topological polar surface area (TPSA) is 74.8 Å². The van der Waals surface area contributed by atoms with E-state index in [2.05, 4.69) is 4.98 Å². The van der Waals surface area contributed by atoms with Crippen molar-refractivity contribution in [2.24, 2.45) is 0 Å². The summed E-state index contributed by atoms with van der Waals surface area (Å²) in [5.74, 6) is -0.909. The van der Waals surface area contributed by atoms with Gasteiger partial charge in [-0.1, -0.05) is 0 Å². The molecule has 0 aliphatic rings. The second-order valence-corrected chi connectivity index (χ2v) is 4.06. The van der Waals surface area contributed by atoms with Crippen molar-refractivity contribution in [3.8, 4) is 0 Å². The number of imidazole rings is 1. The lowest BCUT2D eigenvalue weighted by Crippen LogP contribution is -2.05. The van der Waals surface area contributed by atoms with Crippen molar-refractivity contribution in [2.45, 2.75) is 25.9 Å². The molecule has 2 rings (SSSR count). The van der Waals surface area contributed by atoms with Crippen LogP contribution in [0.25, 0.3) is 5.65 Å². The summed E-state index contributed by atoms with van der Waals surface area (Å²) in [6, 6.07) is 3.83. The first-order valence-corrected chi connectivity index (χ1v) is 5.41. The van der Waals surface area contributed by atoms with Gasteiger partial charge in [-0.25, -0.2) is 4.98 Å². The van der Waals surface area contributed by atoms with E-state index >= 15 is 0 Å². The zero-order chi connectivity index (χ0) is 12.4. The number of hydrogen-bond acceptors (Lipinski definition) is 3. The molecular formula is C12H14N2O3. The van der Waals surface area contributed by atoms with Gasteiger partial charge in [0.15, 0.2) is 0 Å². The van der Waals surface area contributed by atoms with E-state index in [1.54, 1.807) is 10.6 Å². The van der Waals surface area contributed by atoms with Gasteiger partial charge in [0.05, 0.1) is 18.0 Å². The minimum Gasteiger partial charge on any atom is -0.481 e. The number of carboxylic acids is 1. The van der Waals surface area contributed by atoms with Crippen molar-refractivity contribution in [1.29, 1.82) is 0 Å². The number of carboxylic acid groups (broad SMARTS) is 1. The van der Waals surface area contributed by atoms with Crippen LogP contribution in [-0.4, -0.2) is 25.6 Å². The first-order valence-electron chi connectivity index (χ1n) is 5.41. The molecule has 0 spiro atoms. The highest BCUT2D eigenvalue weighted by Gasteiger charge is 2.14. The largest absolute Gasteiger partial charge is 0.481 e. The third-order valence-electron chi connectivity index (χ3n) is 2.67. The fraction of sp³-hybridized carbons (Fsp3) is 0.333. The molecule has 2 aromatic rings. The van der Waals surface area contributed by atoms with E-state index in [4.69, 9.17) is 5.11 Å². The SMILES string of the molecule is Cc1ccn2c(C(O)CCC(=O)O)cnc2c1. The lowest BCUT2D eigenvalue weighted by molar-refractivity contribution is -0.137. The highest BCUT2D eigenvalue weighted by Crippen LogP contribution is 2.20. The van der Waals surface area contributed by atoms with Gasteiger partial charge in [0.2, 0.25) is 0 Å². The normalized spacial score (nSPS) is 12.8. The Hall–Kier alpha value is -1.88. The van der Waals surface area contributed by atoms with Crippen LogP contribution in [0.15, 0.2) is 24.5 Å². The molecule has 17 heavy (non-hydrogen) atoms. The van der Waals surface area contributed by atoms with Crippen LogP contribution in [0.3, 0.4) is 0 Å². The Morgan fingerprint density at radius 3 is 3.06 bits per heavy atom. The maximum Gasteiger partial charge on any atom is 0.303 e. The van der Waals surface area contributed by atoms with Crippen LogP contribution >= 0.6 is 0 Å². The minimum atomic E-state index is -0.909. The van der Waals surface area contributed by atoms with Gasteiger partial charge in [-0.15, -0.1) is 0 Å². The first kappa shape index (κ1) is 11.6. The van der Waals surface area contributed by atoms with Gasteiger partial charge in [-0.2, -0.15) is 0 Å². The highest BCUT2D eigenvalue weighted by molar-refractivity contribution is 5.66. The molecule has 0 fully saturated rings. The number of fused-ring (bicyclic) bond motifs is 1. The van der Waals surface area contributed by atoms with Crippen molar-refractivity contribution >= 4 is 11.6 Å². The van der Waals surface area contributed by atoms with E-state index in [0.717, 1.165) is 11.2 Å². The third-order valence-corrected chi connectivity index (χ3v) is 2.67. The molecule has 0 saturated heterocycles. The maximum absolute atomic E-state index is 10.4. The predicted octanol–water partition coefficient (Wildman–Crippen LogP) is 1.54. The highest BCUT2D eigenvalue weighted by atomic mass is 16.4. The number of aliphatic carboxylic acids is 1. The first-order chi connectivity index (χ1) is 8.08. The molecule has 0 aliphatic heterocycles. The second-order valence-electron chi connectivity index (χ2n) is 4.06. The van der Waals surface area contributed by atoms with E-state index in [0.29, 0.717) is 5.69 Å². The van der Waals surface area contributed by atoms with Crippen LogP contribution < -0.4 is 0 Å². The van der Waals surface area contributed by atoms with Crippen LogP contribution in [0.1, 0.15) is 30.2 Å². The van der Waals surface area contributed by atoms with Crippen molar-refractivity contribution in [3.05, 3.63) is 35.8 Å². The Balaban J connectivity index is 2.26. The van der Waals surface area contributed by atoms with Gasteiger partial charge in [0, 0.05) is 12.6 Å². The Bertz CT molecular complexity index is 548. The molecule has 1 atom stereocenters. The summed E-state index contributed by atoms with van der Waals surface area (Å²) in [6.45, 7) is 1.97. The molecule has 0 radical (unpaired) electrons. The average molecular weight is 234 g/mol. The molecule has 90 valence electrons. The van der Waals surface area contributed by atoms with Crippen molar-refractivity contribution < 1.29 is 15.0 Å². The third kappa shape index (κ3) is 2.45. The molecule has 0 bridgehead atoms. The number of aryl methyl sites for hydroxylation is 1. The summed E-state index contributed by atoms with van der Waals surface area (Å²) in [7, 11) is 0. The van der Waals surface area contributed by atoms with Crippen molar-refractivity contribution in [2.75, 3.05) is 0 Å². The lowest BCUT2D eigenvalue weighted by Gasteiger charge is -2.08. The number of rotatable bonds is 4. The molecule has 0 aliphatic carbocycles. The van der Waals surface area contributed by atoms with E-state index in [-0.39, 0.29) is 12.8 Å². The van der Waals surface area contributed by atoms with Gasteiger partial charge >= 0.3 is 5.97 Å². The van der Waals surface area contributed by atoms with Crippen molar-refractivity contribution in [3.63, 3.8) is 0 Å². The zero-order valence-corrected chi connectivity index (χ0v) is 9.50. The van der Waals surface area contributed by atoms with E-state index in [9.17, 15) is 9.90 Å². The molecular weight excluding hydrogens is 220 g/mol. The van der Waals surface area contributed by atoms with Crippen LogP contribution in [0.4, 0.5) is 0 Å². The zero-order valence-electron chi connectivity index (χ0n) is 9.50. The van der Waals surface area contributed by atoms with Gasteiger partial charge in [-0.05, 0) is 31.0 Å². The van der Waals surface area contributed by atoms with Gasteiger partial charge < -0.3 is 14.6 Å². The molecule has 0 amide bonds. The summed E-state index contributed by atoms with van der Waals surface area (Å²) in [5.41, 5.74) is 2.48. The average Bonchev–Trinajstić information content (AvgIpc) is 2.68. The number of aromatic nitrogens is 2. The predicted molar refractivity (Wildman–Crippen MR) is 61.8 cm³/mol. The molecule has 5 nitrogen and oxygen atoms in total. The Morgan fingerprint density at radius 1 is 1.59 bits per heavy atom. The fourth-order valence-electron chi connectivity index (χ4n) is 1.76. The van der Waals surface area contributed by atoms with Gasteiger partial charge in [-0.3, -0.25) is 4.79 Å². The smallest absolute Gasteiger partial charge is 0.303 e. The molecule has 0 saturated carbocycles. The summed E-state index contributed by atoms with van der Waals surface area (Å²) >= 11 is 0. The molecule has 5 heteroatoms. The number of carbonyl (C=O) groups is 1. The van der Waals surface area contributed by atoms with Crippen LogP contribution in [0.2, 0.25) is 0 Å². The molecule has 0 aromatic carbocycles. The second kappa shape index (κ2) is 4.55. The standard InChI is InChI=1S/C12H14N2O3/c1-8-4-5-14-9(7-13-11(14)6-8)10(15)2-3-12(16)17/h4-7,10,15H,2-3H2,1H3,(H,16,17). The van der Waals surface area contributed by atoms with Crippen LogP contribution in [-0.2, 0) is 4.79 Å². The fourth-order valence-corrected chi connectivity index (χ4v) is 1.76. The summed E-state index contributed by atoms with van der Waals surface area (Å²) in [5, 5.41) is 18.5. The molecule has 2 aromatic heterocycles. The Kier molecular flexibility index (Phi) is 3.10. The Labute approximate surface area is 98.3 Å². The van der Waals surface area contributed by atoms with Crippen molar-refractivity contribution in [1.82, 2.24) is 9.38 Å².